The highest BCUT2D eigenvalue weighted by atomic mass is 32.2. The molecule has 0 radical (unpaired) electrons. The molecule has 110 valence electrons. The molecule has 6 nitrogen and oxygen atoms in total. The molecule has 1 aliphatic heterocycles. The maximum absolute atomic E-state index is 12.4. The van der Waals surface area contributed by atoms with Crippen molar-refractivity contribution in [3.63, 3.8) is 0 Å². The van der Waals surface area contributed by atoms with Gasteiger partial charge in [0.05, 0.1) is 0 Å². The van der Waals surface area contributed by atoms with Crippen LogP contribution in [-0.2, 0) is 10.0 Å². The first-order valence-electron chi connectivity index (χ1n) is 6.97. The first-order chi connectivity index (χ1) is 9.57. The van der Waals surface area contributed by atoms with Gasteiger partial charge in [-0.25, -0.2) is 8.42 Å². The number of nitrogens with zero attached hydrogens (tertiary/aromatic N) is 2. The lowest BCUT2D eigenvalue weighted by Crippen LogP contribution is -2.49. The van der Waals surface area contributed by atoms with Crippen LogP contribution in [0.4, 0.5) is 0 Å². The molecule has 1 aromatic rings. The molecule has 20 heavy (non-hydrogen) atoms. The third-order valence-corrected chi connectivity index (χ3v) is 5.87. The lowest BCUT2D eigenvalue weighted by atomic mass is 10.3. The highest BCUT2D eigenvalue weighted by Gasteiger charge is 2.32. The highest BCUT2D eigenvalue weighted by Crippen LogP contribution is 2.30. The van der Waals surface area contributed by atoms with E-state index in [0.29, 0.717) is 13.1 Å². The van der Waals surface area contributed by atoms with E-state index in [2.05, 4.69) is 9.88 Å². The summed E-state index contributed by atoms with van der Waals surface area (Å²) in [6.45, 7) is 3.51. The number of aromatic amines is 1. The van der Waals surface area contributed by atoms with Gasteiger partial charge in [0, 0.05) is 51.2 Å². The van der Waals surface area contributed by atoms with Gasteiger partial charge in [0.2, 0.25) is 15.5 Å². The summed E-state index contributed by atoms with van der Waals surface area (Å²) in [6, 6.07) is 1.25. The Kier molecular flexibility index (Phi) is 3.66. The monoisotopic (exact) mass is 297 g/mol. The van der Waals surface area contributed by atoms with E-state index in [1.165, 1.54) is 35.6 Å². The normalized spacial score (nSPS) is 22.0. The number of rotatable bonds is 4. The SMILES string of the molecule is O=c1cc[nH]cc1S(=O)(=O)N1CCN(CC2CC2)CC1. The number of H-pyrrole nitrogens is 1. The van der Waals surface area contributed by atoms with Gasteiger partial charge in [-0.05, 0) is 18.8 Å². The zero-order chi connectivity index (χ0) is 14.2. The molecule has 1 saturated heterocycles. The second-order valence-corrected chi connectivity index (χ2v) is 7.43. The van der Waals surface area contributed by atoms with E-state index in [9.17, 15) is 13.2 Å². The molecule has 1 N–H and O–H groups in total. The van der Waals surface area contributed by atoms with Crippen LogP contribution in [0.3, 0.4) is 0 Å². The summed E-state index contributed by atoms with van der Waals surface area (Å²) in [4.78, 5) is 16.5. The van der Waals surface area contributed by atoms with E-state index in [1.54, 1.807) is 0 Å². The van der Waals surface area contributed by atoms with Crippen molar-refractivity contribution < 1.29 is 8.42 Å². The molecule has 3 rings (SSSR count). The molecule has 2 fully saturated rings. The second-order valence-electron chi connectivity index (χ2n) is 5.52. The quantitative estimate of drug-likeness (QED) is 0.855. The minimum atomic E-state index is -3.67. The van der Waals surface area contributed by atoms with Gasteiger partial charge in [0.15, 0.2) is 0 Å². The Hall–Kier alpha value is -1.18. The summed E-state index contributed by atoms with van der Waals surface area (Å²) in [5.41, 5.74) is -0.454. The third kappa shape index (κ3) is 2.79. The van der Waals surface area contributed by atoms with Crippen LogP contribution in [0, 0.1) is 5.92 Å². The van der Waals surface area contributed by atoms with Gasteiger partial charge in [-0.2, -0.15) is 4.31 Å². The van der Waals surface area contributed by atoms with Crippen molar-refractivity contribution in [3.8, 4) is 0 Å². The average molecular weight is 297 g/mol. The largest absolute Gasteiger partial charge is 0.366 e. The average Bonchev–Trinajstić information content (AvgIpc) is 3.24. The van der Waals surface area contributed by atoms with E-state index in [4.69, 9.17) is 0 Å². The second kappa shape index (κ2) is 5.31. The lowest BCUT2D eigenvalue weighted by Gasteiger charge is -2.33. The molecule has 0 spiro atoms. The number of aromatic nitrogens is 1. The molecule has 0 amide bonds. The third-order valence-electron chi connectivity index (χ3n) is 3.95. The van der Waals surface area contributed by atoms with Crippen molar-refractivity contribution in [1.29, 1.82) is 0 Å². The fraction of sp³-hybridized carbons (Fsp3) is 0.615. The lowest BCUT2D eigenvalue weighted by molar-refractivity contribution is 0.182. The predicted octanol–water partition coefficient (Wildman–Crippen LogP) is 0.0912. The molecular weight excluding hydrogens is 278 g/mol. The van der Waals surface area contributed by atoms with Gasteiger partial charge in [-0.1, -0.05) is 0 Å². The number of piperazine rings is 1. The first-order valence-corrected chi connectivity index (χ1v) is 8.41. The van der Waals surface area contributed by atoms with Crippen LogP contribution >= 0.6 is 0 Å². The minimum Gasteiger partial charge on any atom is -0.366 e. The molecule has 2 aliphatic rings. The standard InChI is InChI=1S/C13H19N3O3S/c17-12-3-4-14-9-13(12)20(18,19)16-7-5-15(6-8-16)10-11-1-2-11/h3-4,9,11H,1-2,5-8,10H2,(H,14,17). The van der Waals surface area contributed by atoms with Crippen LogP contribution in [0.2, 0.25) is 0 Å². The fourth-order valence-electron chi connectivity index (χ4n) is 2.56. The molecule has 7 heteroatoms. The summed E-state index contributed by atoms with van der Waals surface area (Å²) in [5.74, 6) is 0.815. The van der Waals surface area contributed by atoms with Gasteiger partial charge in [-0.15, -0.1) is 0 Å². The molecule has 2 heterocycles. The Morgan fingerprint density at radius 3 is 2.50 bits per heavy atom. The predicted molar refractivity (Wildman–Crippen MR) is 75.0 cm³/mol. The van der Waals surface area contributed by atoms with E-state index in [1.807, 2.05) is 0 Å². The molecule has 0 unspecified atom stereocenters. The van der Waals surface area contributed by atoms with Crippen LogP contribution in [0.1, 0.15) is 12.8 Å². The Labute approximate surface area is 118 Å². The van der Waals surface area contributed by atoms with E-state index < -0.39 is 15.5 Å². The van der Waals surface area contributed by atoms with Crippen molar-refractivity contribution >= 4 is 10.0 Å². The van der Waals surface area contributed by atoms with Crippen molar-refractivity contribution in [3.05, 3.63) is 28.7 Å². The topological polar surface area (TPSA) is 73.5 Å². The summed E-state index contributed by atoms with van der Waals surface area (Å²) < 4.78 is 26.3. The van der Waals surface area contributed by atoms with E-state index >= 15 is 0 Å². The van der Waals surface area contributed by atoms with Crippen molar-refractivity contribution in [1.82, 2.24) is 14.2 Å². The Morgan fingerprint density at radius 2 is 1.90 bits per heavy atom. The number of hydrogen-bond donors (Lipinski definition) is 1. The maximum Gasteiger partial charge on any atom is 0.248 e. The minimum absolute atomic E-state index is 0.157. The Balaban J connectivity index is 1.70. The molecule has 0 atom stereocenters. The van der Waals surface area contributed by atoms with Crippen LogP contribution < -0.4 is 5.43 Å². The highest BCUT2D eigenvalue weighted by molar-refractivity contribution is 7.89. The first kappa shape index (κ1) is 13.8. The smallest absolute Gasteiger partial charge is 0.248 e. The van der Waals surface area contributed by atoms with Gasteiger partial charge in [-0.3, -0.25) is 4.79 Å². The summed E-state index contributed by atoms with van der Waals surface area (Å²) in [6.07, 6.45) is 5.32. The van der Waals surface area contributed by atoms with Crippen LogP contribution in [0.25, 0.3) is 0 Å². The van der Waals surface area contributed by atoms with E-state index in [-0.39, 0.29) is 4.90 Å². The molecule has 1 aliphatic carbocycles. The molecule has 1 aromatic heterocycles. The summed E-state index contributed by atoms with van der Waals surface area (Å²) in [5, 5.41) is 0. The number of hydrogen-bond acceptors (Lipinski definition) is 4. The summed E-state index contributed by atoms with van der Waals surface area (Å²) >= 11 is 0. The number of nitrogens with one attached hydrogen (secondary N) is 1. The van der Waals surface area contributed by atoms with Crippen LogP contribution in [0.5, 0.6) is 0 Å². The fourth-order valence-corrected chi connectivity index (χ4v) is 4.02. The van der Waals surface area contributed by atoms with Crippen LogP contribution in [0.15, 0.2) is 28.2 Å². The van der Waals surface area contributed by atoms with Gasteiger partial charge < -0.3 is 9.88 Å². The van der Waals surface area contributed by atoms with Crippen LogP contribution in [-0.4, -0.2) is 55.3 Å². The van der Waals surface area contributed by atoms with Crippen molar-refractivity contribution in [2.75, 3.05) is 32.7 Å². The Bertz CT molecular complexity index is 628. The molecule has 0 bridgehead atoms. The van der Waals surface area contributed by atoms with Crippen molar-refractivity contribution in [2.24, 2.45) is 5.92 Å². The molecular formula is C13H19N3O3S. The maximum atomic E-state index is 12.4. The molecule has 1 saturated carbocycles. The zero-order valence-electron chi connectivity index (χ0n) is 11.3. The Morgan fingerprint density at radius 1 is 1.20 bits per heavy atom. The molecule has 0 aromatic carbocycles. The zero-order valence-corrected chi connectivity index (χ0v) is 12.1. The number of pyridine rings is 1. The van der Waals surface area contributed by atoms with Gasteiger partial charge in [0.25, 0.3) is 0 Å². The van der Waals surface area contributed by atoms with Gasteiger partial charge in [0.1, 0.15) is 4.90 Å². The van der Waals surface area contributed by atoms with E-state index in [0.717, 1.165) is 25.6 Å². The van der Waals surface area contributed by atoms with Crippen molar-refractivity contribution in [2.45, 2.75) is 17.7 Å². The number of sulfonamides is 1. The summed E-state index contributed by atoms with van der Waals surface area (Å²) in [7, 11) is -3.67. The van der Waals surface area contributed by atoms with Gasteiger partial charge >= 0.3 is 0 Å².